The highest BCUT2D eigenvalue weighted by Crippen LogP contribution is 2.36. The zero-order chi connectivity index (χ0) is 15.1. The van der Waals surface area contributed by atoms with Crippen LogP contribution in [0, 0.1) is 0 Å². The van der Waals surface area contributed by atoms with Gasteiger partial charge in [-0.2, -0.15) is 0 Å². The summed E-state index contributed by atoms with van der Waals surface area (Å²) < 4.78 is 0. The number of likely N-dealkylation sites (N-methyl/N-ethyl adjacent to an activating group) is 1. The van der Waals surface area contributed by atoms with Crippen molar-refractivity contribution in [3.8, 4) is 0 Å². The number of anilines is 1. The van der Waals surface area contributed by atoms with Crippen molar-refractivity contribution in [2.45, 2.75) is 0 Å². The molecule has 0 radical (unpaired) electrons. The Morgan fingerprint density at radius 1 is 1.00 bits per heavy atom. The lowest BCUT2D eigenvalue weighted by molar-refractivity contribution is -0.112. The smallest absolute Gasteiger partial charge is 0.258 e. The predicted octanol–water partition coefficient (Wildman–Crippen LogP) is 3.15. The Kier molecular flexibility index (Phi) is 2.76. The zero-order valence-electron chi connectivity index (χ0n) is 12.0. The van der Waals surface area contributed by atoms with E-state index in [2.05, 4.69) is 9.97 Å². The Hall–Kier alpha value is -3.01. The van der Waals surface area contributed by atoms with Crippen molar-refractivity contribution < 1.29 is 4.79 Å². The summed E-state index contributed by atoms with van der Waals surface area (Å²) in [7, 11) is 1.79. The topological polar surface area (TPSA) is 46.1 Å². The van der Waals surface area contributed by atoms with Crippen molar-refractivity contribution in [1.82, 2.24) is 9.97 Å². The monoisotopic (exact) mass is 287 g/mol. The molecule has 4 heteroatoms. The van der Waals surface area contributed by atoms with E-state index in [0.717, 1.165) is 22.3 Å². The Morgan fingerprint density at radius 2 is 1.73 bits per heavy atom. The maximum Gasteiger partial charge on any atom is 0.258 e. The Labute approximate surface area is 127 Å². The van der Waals surface area contributed by atoms with E-state index < -0.39 is 0 Å². The van der Waals surface area contributed by atoms with Crippen molar-refractivity contribution in [3.05, 3.63) is 66.0 Å². The van der Waals surface area contributed by atoms with E-state index in [1.165, 1.54) is 0 Å². The molecule has 0 saturated heterocycles. The van der Waals surface area contributed by atoms with Crippen molar-refractivity contribution in [3.63, 3.8) is 0 Å². The third kappa shape index (κ3) is 1.89. The summed E-state index contributed by atoms with van der Waals surface area (Å²) in [5, 5.41) is 0. The summed E-state index contributed by atoms with van der Waals surface area (Å²) in [5.41, 5.74) is 4.87. The minimum Gasteiger partial charge on any atom is -0.311 e. The van der Waals surface area contributed by atoms with Crippen molar-refractivity contribution in [1.29, 1.82) is 0 Å². The minimum atomic E-state index is -0.0174. The third-order valence-corrected chi connectivity index (χ3v) is 3.85. The summed E-state index contributed by atoms with van der Waals surface area (Å²) in [6.45, 7) is 0. The van der Waals surface area contributed by atoms with Crippen LogP contribution in [0.15, 0.2) is 54.7 Å². The van der Waals surface area contributed by atoms with Crippen LogP contribution in [-0.2, 0) is 4.79 Å². The number of carbonyl (C=O) groups is 1. The molecular weight excluding hydrogens is 274 g/mol. The summed E-state index contributed by atoms with van der Waals surface area (Å²) in [4.78, 5) is 23.1. The van der Waals surface area contributed by atoms with Crippen molar-refractivity contribution in [2.75, 3.05) is 11.9 Å². The second kappa shape index (κ2) is 4.77. The fraction of sp³-hybridized carbons (Fsp3) is 0.0556. The van der Waals surface area contributed by atoms with E-state index in [1.54, 1.807) is 18.1 Å². The van der Waals surface area contributed by atoms with Gasteiger partial charge in [-0.3, -0.25) is 9.78 Å². The minimum absolute atomic E-state index is 0.0174. The molecule has 2 heterocycles. The van der Waals surface area contributed by atoms with Crippen LogP contribution in [0.3, 0.4) is 0 Å². The van der Waals surface area contributed by atoms with Gasteiger partial charge in [0.1, 0.15) is 0 Å². The molecule has 1 aliphatic rings. The second-order valence-corrected chi connectivity index (χ2v) is 5.22. The quantitative estimate of drug-likeness (QED) is 0.646. The lowest BCUT2D eigenvalue weighted by Gasteiger charge is -2.07. The van der Waals surface area contributed by atoms with Crippen LogP contribution >= 0.6 is 0 Å². The fourth-order valence-electron chi connectivity index (χ4n) is 2.73. The Morgan fingerprint density at radius 3 is 2.59 bits per heavy atom. The summed E-state index contributed by atoms with van der Waals surface area (Å²) in [5.74, 6) is -0.0174. The zero-order valence-corrected chi connectivity index (χ0v) is 12.0. The van der Waals surface area contributed by atoms with E-state index >= 15 is 0 Å². The van der Waals surface area contributed by atoms with Gasteiger partial charge in [0.2, 0.25) is 0 Å². The van der Waals surface area contributed by atoms with Gasteiger partial charge in [-0.05, 0) is 24.3 Å². The lowest BCUT2D eigenvalue weighted by atomic mass is 10.1. The highest BCUT2D eigenvalue weighted by molar-refractivity contribution is 6.35. The molecule has 3 aromatic rings. The van der Waals surface area contributed by atoms with E-state index in [0.29, 0.717) is 11.3 Å². The Bertz CT molecular complexity index is 930. The molecule has 0 fully saturated rings. The highest BCUT2D eigenvalue weighted by atomic mass is 16.2. The first-order valence-corrected chi connectivity index (χ1v) is 7.05. The lowest BCUT2D eigenvalue weighted by Crippen LogP contribution is -2.20. The number of amides is 1. The third-order valence-electron chi connectivity index (χ3n) is 3.85. The van der Waals surface area contributed by atoms with Crippen molar-refractivity contribution >= 4 is 34.3 Å². The number of aromatic nitrogens is 2. The maximum atomic E-state index is 12.4. The van der Waals surface area contributed by atoms with Crippen molar-refractivity contribution in [2.24, 2.45) is 0 Å². The average molecular weight is 287 g/mol. The van der Waals surface area contributed by atoms with E-state index in [1.807, 2.05) is 54.6 Å². The molecule has 22 heavy (non-hydrogen) atoms. The maximum absolute atomic E-state index is 12.4. The molecule has 0 bridgehead atoms. The number of rotatable bonds is 1. The molecule has 4 rings (SSSR count). The summed E-state index contributed by atoms with van der Waals surface area (Å²) >= 11 is 0. The SMILES string of the molecule is CN1C(=O)/C(=C\c2cnc3ccccc3n2)c2ccccc21. The number of hydrogen-bond donors (Lipinski definition) is 0. The van der Waals surface area contributed by atoms with Crippen LogP contribution in [0.1, 0.15) is 11.3 Å². The van der Waals surface area contributed by atoms with Crippen LogP contribution < -0.4 is 4.90 Å². The number of hydrogen-bond acceptors (Lipinski definition) is 3. The predicted molar refractivity (Wildman–Crippen MR) is 87.3 cm³/mol. The number of carbonyl (C=O) groups excluding carboxylic acids is 1. The highest BCUT2D eigenvalue weighted by Gasteiger charge is 2.29. The van der Waals surface area contributed by atoms with Gasteiger partial charge in [0, 0.05) is 12.6 Å². The molecule has 0 atom stereocenters. The van der Waals surface area contributed by atoms with E-state index in [4.69, 9.17) is 0 Å². The van der Waals surface area contributed by atoms with Gasteiger partial charge in [-0.25, -0.2) is 4.98 Å². The van der Waals surface area contributed by atoms with Gasteiger partial charge < -0.3 is 4.90 Å². The molecular formula is C18H13N3O. The molecule has 4 nitrogen and oxygen atoms in total. The van der Waals surface area contributed by atoms with Gasteiger partial charge >= 0.3 is 0 Å². The van der Waals surface area contributed by atoms with Gasteiger partial charge in [-0.15, -0.1) is 0 Å². The number of nitrogens with zero attached hydrogens (tertiary/aromatic N) is 3. The van der Waals surface area contributed by atoms with Crippen LogP contribution in [0.25, 0.3) is 22.7 Å². The number of benzene rings is 2. The van der Waals surface area contributed by atoms with Crippen LogP contribution in [0.5, 0.6) is 0 Å². The van der Waals surface area contributed by atoms with Gasteiger partial charge in [0.05, 0.1) is 34.2 Å². The normalized spacial score (nSPS) is 15.6. The largest absolute Gasteiger partial charge is 0.311 e. The summed E-state index contributed by atoms with van der Waals surface area (Å²) in [6, 6.07) is 15.5. The van der Waals surface area contributed by atoms with Crippen LogP contribution in [0.4, 0.5) is 5.69 Å². The first-order valence-electron chi connectivity index (χ1n) is 7.05. The van der Waals surface area contributed by atoms with E-state index in [-0.39, 0.29) is 5.91 Å². The van der Waals surface area contributed by atoms with Crippen LogP contribution in [0.2, 0.25) is 0 Å². The van der Waals surface area contributed by atoms with Gasteiger partial charge in [0.25, 0.3) is 5.91 Å². The molecule has 0 spiro atoms. The van der Waals surface area contributed by atoms with E-state index in [9.17, 15) is 4.79 Å². The van der Waals surface area contributed by atoms with Gasteiger partial charge in [0.15, 0.2) is 0 Å². The molecule has 1 amide bonds. The molecule has 0 unspecified atom stereocenters. The standard InChI is InChI=1S/C18H13N3O/c1-21-17-9-5-2-6-13(17)14(18(21)22)10-12-11-19-15-7-3-4-8-16(15)20-12/h2-11H,1H3/b14-10-. The fourth-order valence-corrected chi connectivity index (χ4v) is 2.73. The molecule has 106 valence electrons. The number of fused-ring (bicyclic) bond motifs is 2. The molecule has 0 saturated carbocycles. The Balaban J connectivity index is 1.86. The average Bonchev–Trinajstić information content (AvgIpc) is 2.80. The molecule has 0 N–H and O–H groups in total. The molecule has 0 aliphatic carbocycles. The van der Waals surface area contributed by atoms with Gasteiger partial charge in [-0.1, -0.05) is 30.3 Å². The molecule has 2 aromatic carbocycles. The first-order chi connectivity index (χ1) is 10.7. The second-order valence-electron chi connectivity index (χ2n) is 5.22. The molecule has 1 aromatic heterocycles. The first kappa shape index (κ1) is 12.7. The number of para-hydroxylation sites is 3. The van der Waals surface area contributed by atoms with Crippen LogP contribution in [-0.4, -0.2) is 22.9 Å². The molecule has 1 aliphatic heterocycles. The summed E-state index contributed by atoms with van der Waals surface area (Å²) in [6.07, 6.45) is 3.51.